The third-order valence-corrected chi connectivity index (χ3v) is 3.69. The maximum atomic E-state index is 13.8. The zero-order chi connectivity index (χ0) is 15.2. The molecule has 1 unspecified atom stereocenters. The normalized spacial score (nSPS) is 12.2. The molecule has 2 N–H and O–H groups in total. The molecule has 0 saturated heterocycles. The Labute approximate surface area is 129 Å². The van der Waals surface area contributed by atoms with Crippen molar-refractivity contribution in [1.82, 2.24) is 0 Å². The van der Waals surface area contributed by atoms with Gasteiger partial charge in [-0.3, -0.25) is 0 Å². The van der Waals surface area contributed by atoms with Gasteiger partial charge in [0.2, 0.25) is 0 Å². The van der Waals surface area contributed by atoms with Gasteiger partial charge in [0.25, 0.3) is 0 Å². The Hall–Kier alpha value is -1.58. The average molecular weight is 308 g/mol. The molecule has 0 spiro atoms. The maximum Gasteiger partial charge on any atom is 0.148 e. The molecule has 2 rings (SSSR count). The minimum Gasteiger partial charge on any atom is -0.489 e. The molecule has 0 saturated carbocycles. The second kappa shape index (κ2) is 7.43. The summed E-state index contributed by atoms with van der Waals surface area (Å²) < 4.78 is 19.6. The fraction of sp³-hybridized carbons (Fsp3) is 0.294. The van der Waals surface area contributed by atoms with Crippen LogP contribution in [0.1, 0.15) is 24.5 Å². The van der Waals surface area contributed by atoms with Crippen molar-refractivity contribution in [3.63, 3.8) is 0 Å². The van der Waals surface area contributed by atoms with Gasteiger partial charge in [0.05, 0.1) is 5.02 Å². The van der Waals surface area contributed by atoms with Crippen molar-refractivity contribution in [2.24, 2.45) is 5.73 Å². The second-order valence-corrected chi connectivity index (χ2v) is 5.39. The van der Waals surface area contributed by atoms with Gasteiger partial charge in [-0.05, 0) is 30.5 Å². The number of rotatable bonds is 6. The van der Waals surface area contributed by atoms with Crippen LogP contribution in [0.25, 0.3) is 0 Å². The lowest BCUT2D eigenvalue weighted by atomic mass is 10.0. The van der Waals surface area contributed by atoms with Crippen molar-refractivity contribution < 1.29 is 9.13 Å². The monoisotopic (exact) mass is 307 g/mol. The summed E-state index contributed by atoms with van der Waals surface area (Å²) >= 11 is 5.77. The Balaban J connectivity index is 2.11. The molecule has 21 heavy (non-hydrogen) atoms. The topological polar surface area (TPSA) is 35.2 Å². The van der Waals surface area contributed by atoms with Crippen molar-refractivity contribution in [2.75, 3.05) is 0 Å². The Kier molecular flexibility index (Phi) is 5.59. The minimum atomic E-state index is -0.429. The summed E-state index contributed by atoms with van der Waals surface area (Å²) in [6.45, 7) is 2.19. The number of para-hydroxylation sites is 1. The lowest BCUT2D eigenvalue weighted by molar-refractivity contribution is 0.296. The fourth-order valence-corrected chi connectivity index (χ4v) is 2.25. The van der Waals surface area contributed by atoms with Crippen LogP contribution in [0.3, 0.4) is 0 Å². The standard InChI is InChI=1S/C17H19ClFNO/c1-2-14(20)10-12-6-3-4-9-16(12)21-11-13-7-5-8-15(18)17(13)19/h3-9,14H,2,10-11,20H2,1H3. The van der Waals surface area contributed by atoms with Crippen molar-refractivity contribution in [1.29, 1.82) is 0 Å². The van der Waals surface area contributed by atoms with Crippen LogP contribution in [0.2, 0.25) is 5.02 Å². The zero-order valence-corrected chi connectivity index (χ0v) is 12.7. The molecule has 0 aliphatic rings. The third kappa shape index (κ3) is 4.19. The summed E-state index contributed by atoms with van der Waals surface area (Å²) in [6.07, 6.45) is 1.64. The molecule has 2 aromatic carbocycles. The van der Waals surface area contributed by atoms with Gasteiger partial charge >= 0.3 is 0 Å². The van der Waals surface area contributed by atoms with Crippen LogP contribution in [0.15, 0.2) is 42.5 Å². The van der Waals surface area contributed by atoms with Crippen molar-refractivity contribution in [2.45, 2.75) is 32.4 Å². The van der Waals surface area contributed by atoms with Crippen LogP contribution in [0, 0.1) is 5.82 Å². The Morgan fingerprint density at radius 1 is 1.14 bits per heavy atom. The molecule has 0 aliphatic carbocycles. The highest BCUT2D eigenvalue weighted by atomic mass is 35.5. The molecule has 2 aromatic rings. The summed E-state index contributed by atoms with van der Waals surface area (Å²) in [5, 5.41) is 0.109. The fourth-order valence-electron chi connectivity index (χ4n) is 2.06. The molecule has 0 aromatic heterocycles. The van der Waals surface area contributed by atoms with E-state index in [4.69, 9.17) is 22.1 Å². The number of benzene rings is 2. The molecule has 4 heteroatoms. The zero-order valence-electron chi connectivity index (χ0n) is 12.0. The summed E-state index contributed by atoms with van der Waals surface area (Å²) in [6, 6.07) is 12.7. The molecule has 0 fully saturated rings. The number of ether oxygens (including phenoxy) is 1. The van der Waals surface area contributed by atoms with E-state index in [0.717, 1.165) is 24.2 Å². The smallest absolute Gasteiger partial charge is 0.148 e. The van der Waals surface area contributed by atoms with Gasteiger partial charge < -0.3 is 10.5 Å². The highest BCUT2D eigenvalue weighted by Crippen LogP contribution is 2.23. The molecule has 112 valence electrons. The highest BCUT2D eigenvalue weighted by Gasteiger charge is 2.10. The number of nitrogens with two attached hydrogens (primary N) is 1. The van der Waals surface area contributed by atoms with E-state index in [1.54, 1.807) is 12.1 Å². The first kappa shape index (κ1) is 15.8. The largest absolute Gasteiger partial charge is 0.489 e. The van der Waals surface area contributed by atoms with Gasteiger partial charge in [0, 0.05) is 11.6 Å². The molecule has 0 radical (unpaired) electrons. The molecule has 0 aliphatic heterocycles. The Bertz CT molecular complexity index is 603. The molecular formula is C17H19ClFNO. The van der Waals surface area contributed by atoms with Crippen LogP contribution in [-0.2, 0) is 13.0 Å². The van der Waals surface area contributed by atoms with Crippen molar-refractivity contribution >= 4 is 11.6 Å². The van der Waals surface area contributed by atoms with E-state index < -0.39 is 5.82 Å². The summed E-state index contributed by atoms with van der Waals surface area (Å²) in [5.74, 6) is 0.308. The summed E-state index contributed by atoms with van der Waals surface area (Å²) in [5.41, 5.74) is 7.47. The molecule has 2 nitrogen and oxygen atoms in total. The van der Waals surface area contributed by atoms with Crippen LogP contribution < -0.4 is 10.5 Å². The average Bonchev–Trinajstić information content (AvgIpc) is 2.50. The van der Waals surface area contributed by atoms with Gasteiger partial charge in [-0.1, -0.05) is 48.9 Å². The van der Waals surface area contributed by atoms with E-state index in [-0.39, 0.29) is 17.7 Å². The van der Waals surface area contributed by atoms with Crippen LogP contribution in [0.5, 0.6) is 5.75 Å². The lowest BCUT2D eigenvalue weighted by Crippen LogP contribution is -2.21. The van der Waals surface area contributed by atoms with Gasteiger partial charge in [0.1, 0.15) is 18.2 Å². The van der Waals surface area contributed by atoms with Crippen LogP contribution >= 0.6 is 11.6 Å². The van der Waals surface area contributed by atoms with E-state index in [0.29, 0.717) is 5.56 Å². The van der Waals surface area contributed by atoms with Gasteiger partial charge in [-0.15, -0.1) is 0 Å². The molecule has 1 atom stereocenters. The molecule has 0 amide bonds. The SMILES string of the molecule is CCC(N)Cc1ccccc1OCc1cccc(Cl)c1F. The minimum absolute atomic E-state index is 0.0951. The quantitative estimate of drug-likeness (QED) is 0.861. The maximum absolute atomic E-state index is 13.8. The molecule has 0 bridgehead atoms. The first-order valence-corrected chi connectivity index (χ1v) is 7.38. The third-order valence-electron chi connectivity index (χ3n) is 3.39. The van der Waals surface area contributed by atoms with E-state index >= 15 is 0 Å². The number of hydrogen-bond acceptors (Lipinski definition) is 2. The van der Waals surface area contributed by atoms with E-state index in [9.17, 15) is 4.39 Å². The molecule has 0 heterocycles. The Morgan fingerprint density at radius 3 is 2.62 bits per heavy atom. The first-order chi connectivity index (χ1) is 10.1. The summed E-state index contributed by atoms with van der Waals surface area (Å²) in [7, 11) is 0. The lowest BCUT2D eigenvalue weighted by Gasteiger charge is -2.14. The number of hydrogen-bond donors (Lipinski definition) is 1. The van der Waals surface area contributed by atoms with E-state index in [1.165, 1.54) is 6.07 Å². The van der Waals surface area contributed by atoms with Gasteiger partial charge in [-0.25, -0.2) is 4.39 Å². The van der Waals surface area contributed by atoms with Crippen molar-refractivity contribution in [3.05, 3.63) is 64.4 Å². The van der Waals surface area contributed by atoms with E-state index in [2.05, 4.69) is 6.92 Å². The van der Waals surface area contributed by atoms with Crippen LogP contribution in [0.4, 0.5) is 4.39 Å². The van der Waals surface area contributed by atoms with Crippen LogP contribution in [-0.4, -0.2) is 6.04 Å². The second-order valence-electron chi connectivity index (χ2n) is 4.98. The number of halogens is 2. The summed E-state index contributed by atoms with van der Waals surface area (Å²) in [4.78, 5) is 0. The highest BCUT2D eigenvalue weighted by molar-refractivity contribution is 6.30. The first-order valence-electron chi connectivity index (χ1n) is 7.01. The van der Waals surface area contributed by atoms with Gasteiger partial charge in [0.15, 0.2) is 0 Å². The predicted octanol–water partition coefficient (Wildman–Crippen LogP) is 4.34. The van der Waals surface area contributed by atoms with Crippen molar-refractivity contribution in [3.8, 4) is 5.75 Å². The van der Waals surface area contributed by atoms with Gasteiger partial charge in [-0.2, -0.15) is 0 Å². The predicted molar refractivity (Wildman–Crippen MR) is 84.2 cm³/mol. The molecular weight excluding hydrogens is 289 g/mol. The van der Waals surface area contributed by atoms with E-state index in [1.807, 2.05) is 24.3 Å². The Morgan fingerprint density at radius 2 is 1.86 bits per heavy atom.